The zero-order valence-electron chi connectivity index (χ0n) is 20.6. The van der Waals surface area contributed by atoms with Gasteiger partial charge in [0.05, 0.1) is 22.6 Å². The van der Waals surface area contributed by atoms with Gasteiger partial charge in [0.15, 0.2) is 0 Å². The molecule has 2 heterocycles. The SMILES string of the molecule is Cc1cccc(C2c3cccn3-c3ccccc3N2C(=O)CN(C(=O)c2ccccc2F)C(C)C)c1. The highest BCUT2D eigenvalue weighted by atomic mass is 19.1. The van der Waals surface area contributed by atoms with Crippen molar-refractivity contribution in [2.75, 3.05) is 11.4 Å². The van der Waals surface area contributed by atoms with Gasteiger partial charge >= 0.3 is 0 Å². The summed E-state index contributed by atoms with van der Waals surface area (Å²) < 4.78 is 16.6. The first-order chi connectivity index (χ1) is 17.4. The van der Waals surface area contributed by atoms with Crippen LogP contribution in [0.4, 0.5) is 10.1 Å². The number of carbonyl (C=O) groups excluding carboxylic acids is 2. The Labute approximate surface area is 210 Å². The smallest absolute Gasteiger partial charge is 0.257 e. The molecule has 0 saturated heterocycles. The zero-order chi connectivity index (χ0) is 25.4. The van der Waals surface area contributed by atoms with E-state index in [0.717, 1.165) is 28.2 Å². The van der Waals surface area contributed by atoms with E-state index in [2.05, 4.69) is 10.6 Å². The van der Waals surface area contributed by atoms with Crippen LogP contribution in [0.1, 0.15) is 47.1 Å². The van der Waals surface area contributed by atoms with Crippen LogP contribution in [0.2, 0.25) is 0 Å². The Hall–Kier alpha value is -4.19. The number of hydrogen-bond donors (Lipinski definition) is 0. The van der Waals surface area contributed by atoms with Crippen LogP contribution < -0.4 is 4.90 Å². The second-order valence-electron chi connectivity index (χ2n) is 9.38. The van der Waals surface area contributed by atoms with Crippen molar-refractivity contribution in [2.45, 2.75) is 32.9 Å². The first kappa shape index (κ1) is 23.5. The van der Waals surface area contributed by atoms with E-state index in [4.69, 9.17) is 0 Å². The third kappa shape index (κ3) is 4.09. The maximum absolute atomic E-state index is 14.5. The average molecular weight is 482 g/mol. The lowest BCUT2D eigenvalue weighted by atomic mass is 9.96. The van der Waals surface area contributed by atoms with Gasteiger partial charge in [-0.3, -0.25) is 14.5 Å². The highest BCUT2D eigenvalue weighted by molar-refractivity contribution is 6.02. The van der Waals surface area contributed by atoms with E-state index in [1.807, 2.05) is 81.6 Å². The lowest BCUT2D eigenvalue weighted by molar-refractivity contribution is -0.120. The summed E-state index contributed by atoms with van der Waals surface area (Å²) in [5.74, 6) is -1.34. The number of fused-ring (bicyclic) bond motifs is 3. The Bertz CT molecular complexity index is 1440. The fourth-order valence-electron chi connectivity index (χ4n) is 4.92. The number of aryl methyl sites for hydroxylation is 1. The Balaban J connectivity index is 1.59. The Kier molecular flexibility index (Phi) is 6.18. The molecule has 36 heavy (non-hydrogen) atoms. The van der Waals surface area contributed by atoms with Gasteiger partial charge in [-0.2, -0.15) is 0 Å². The molecule has 3 aromatic carbocycles. The summed E-state index contributed by atoms with van der Waals surface area (Å²) in [6.45, 7) is 5.51. The van der Waals surface area contributed by atoms with E-state index >= 15 is 0 Å². The van der Waals surface area contributed by atoms with Crippen LogP contribution in [0, 0.1) is 12.7 Å². The number of nitrogens with zero attached hydrogens (tertiary/aromatic N) is 3. The molecule has 0 aliphatic carbocycles. The number of aromatic nitrogens is 1. The number of halogens is 1. The van der Waals surface area contributed by atoms with Gasteiger partial charge in [0.2, 0.25) is 5.91 Å². The van der Waals surface area contributed by atoms with Gasteiger partial charge in [0.1, 0.15) is 18.4 Å². The minimum atomic E-state index is -0.598. The number of benzene rings is 3. The molecule has 0 spiro atoms. The Morgan fingerprint density at radius 3 is 2.36 bits per heavy atom. The normalized spacial score (nSPS) is 14.4. The molecule has 0 radical (unpaired) electrons. The lowest BCUT2D eigenvalue weighted by Crippen LogP contribution is -2.48. The molecule has 1 atom stereocenters. The molecule has 1 unspecified atom stereocenters. The van der Waals surface area contributed by atoms with E-state index in [-0.39, 0.29) is 30.1 Å². The van der Waals surface area contributed by atoms with Crippen LogP contribution in [0.15, 0.2) is 91.1 Å². The van der Waals surface area contributed by atoms with Crippen molar-refractivity contribution in [3.63, 3.8) is 0 Å². The van der Waals surface area contributed by atoms with Crippen LogP contribution in [-0.4, -0.2) is 33.9 Å². The monoisotopic (exact) mass is 481 g/mol. The van der Waals surface area contributed by atoms with Gasteiger partial charge in [-0.1, -0.05) is 54.1 Å². The minimum Gasteiger partial charge on any atom is -0.327 e. The third-order valence-electron chi connectivity index (χ3n) is 6.64. The minimum absolute atomic E-state index is 0.0397. The van der Waals surface area contributed by atoms with Crippen molar-refractivity contribution < 1.29 is 14.0 Å². The lowest BCUT2D eigenvalue weighted by Gasteiger charge is -2.40. The summed E-state index contributed by atoms with van der Waals surface area (Å²) >= 11 is 0. The first-order valence-electron chi connectivity index (χ1n) is 12.1. The fraction of sp³-hybridized carbons (Fsp3) is 0.200. The fourth-order valence-corrected chi connectivity index (χ4v) is 4.92. The first-order valence-corrected chi connectivity index (χ1v) is 12.1. The Morgan fingerprint density at radius 1 is 0.917 bits per heavy atom. The van der Waals surface area contributed by atoms with E-state index in [9.17, 15) is 14.0 Å². The summed E-state index contributed by atoms with van der Waals surface area (Å²) in [6, 6.07) is 25.1. The molecule has 0 fully saturated rings. The van der Waals surface area contributed by atoms with Gasteiger partial charge in [-0.05, 0) is 62.7 Å². The highest BCUT2D eigenvalue weighted by Gasteiger charge is 2.37. The molecular formula is C30H28FN3O2. The third-order valence-corrected chi connectivity index (χ3v) is 6.64. The Morgan fingerprint density at radius 2 is 1.64 bits per heavy atom. The highest BCUT2D eigenvalue weighted by Crippen LogP contribution is 2.42. The molecule has 0 saturated carbocycles. The predicted octanol–water partition coefficient (Wildman–Crippen LogP) is 5.91. The zero-order valence-corrected chi connectivity index (χ0v) is 20.6. The van der Waals surface area contributed by atoms with Crippen molar-refractivity contribution in [3.05, 3.63) is 119 Å². The number of anilines is 1. The van der Waals surface area contributed by atoms with Gasteiger partial charge in [0.25, 0.3) is 5.91 Å². The number of carbonyl (C=O) groups is 2. The van der Waals surface area contributed by atoms with Crippen LogP contribution >= 0.6 is 0 Å². The van der Waals surface area contributed by atoms with Crippen LogP contribution in [0.3, 0.4) is 0 Å². The van der Waals surface area contributed by atoms with Crippen LogP contribution in [0.5, 0.6) is 0 Å². The van der Waals surface area contributed by atoms with Crippen LogP contribution in [-0.2, 0) is 4.79 Å². The summed E-state index contributed by atoms with van der Waals surface area (Å²) in [7, 11) is 0. The summed E-state index contributed by atoms with van der Waals surface area (Å²) in [5, 5.41) is 0. The van der Waals surface area contributed by atoms with E-state index < -0.39 is 11.7 Å². The summed E-state index contributed by atoms with van der Waals surface area (Å²) in [4.78, 5) is 30.7. The molecule has 5 rings (SSSR count). The number of amides is 2. The predicted molar refractivity (Wildman–Crippen MR) is 139 cm³/mol. The molecule has 4 aromatic rings. The molecule has 1 aliphatic heterocycles. The maximum atomic E-state index is 14.5. The molecule has 182 valence electrons. The second kappa shape index (κ2) is 9.46. The van der Waals surface area contributed by atoms with Crippen LogP contribution in [0.25, 0.3) is 5.69 Å². The maximum Gasteiger partial charge on any atom is 0.257 e. The molecule has 2 amide bonds. The molecule has 5 nitrogen and oxygen atoms in total. The van der Waals surface area contributed by atoms with Crippen molar-refractivity contribution >= 4 is 17.5 Å². The number of para-hydroxylation sites is 2. The van der Waals surface area contributed by atoms with E-state index in [1.165, 1.54) is 17.0 Å². The topological polar surface area (TPSA) is 45.6 Å². The van der Waals surface area contributed by atoms with Gasteiger partial charge in [-0.25, -0.2) is 4.39 Å². The van der Waals surface area contributed by atoms with E-state index in [0.29, 0.717) is 0 Å². The largest absolute Gasteiger partial charge is 0.327 e. The van der Waals surface area contributed by atoms with Crippen molar-refractivity contribution in [1.82, 2.24) is 9.47 Å². The molecule has 1 aliphatic rings. The quantitative estimate of drug-likeness (QED) is 0.356. The molecule has 0 N–H and O–H groups in total. The van der Waals surface area contributed by atoms with Gasteiger partial charge in [-0.15, -0.1) is 0 Å². The molecule has 0 bridgehead atoms. The van der Waals surface area contributed by atoms with Crippen molar-refractivity contribution in [2.24, 2.45) is 0 Å². The summed E-state index contributed by atoms with van der Waals surface area (Å²) in [5.41, 5.74) is 4.65. The molecular weight excluding hydrogens is 453 g/mol. The van der Waals surface area contributed by atoms with E-state index in [1.54, 1.807) is 17.0 Å². The number of hydrogen-bond acceptors (Lipinski definition) is 2. The number of rotatable bonds is 5. The van der Waals surface area contributed by atoms with Gasteiger partial charge < -0.3 is 9.47 Å². The van der Waals surface area contributed by atoms with Crippen molar-refractivity contribution in [3.8, 4) is 5.69 Å². The van der Waals surface area contributed by atoms with Crippen molar-refractivity contribution in [1.29, 1.82) is 0 Å². The summed E-state index contributed by atoms with van der Waals surface area (Å²) in [6.07, 6.45) is 2.00. The van der Waals surface area contributed by atoms with Gasteiger partial charge in [0, 0.05) is 12.2 Å². The standard InChI is InChI=1S/C30H28FN3O2/c1-20(2)33(30(36)23-12-4-5-13-24(23)31)19-28(35)34-26-15-7-6-14-25(26)32-17-9-16-27(32)29(34)22-11-8-10-21(3)18-22/h4-18,20,29H,19H2,1-3H3. The second-order valence-corrected chi connectivity index (χ2v) is 9.38. The molecule has 6 heteroatoms. The average Bonchev–Trinajstić information content (AvgIpc) is 3.36. The molecule has 1 aromatic heterocycles.